The van der Waals surface area contributed by atoms with Crippen molar-refractivity contribution in [3.63, 3.8) is 0 Å². The summed E-state index contributed by atoms with van der Waals surface area (Å²) in [6, 6.07) is 0.271. The summed E-state index contributed by atoms with van der Waals surface area (Å²) in [4.78, 5) is 16.9. The highest BCUT2D eigenvalue weighted by atomic mass is 79.9. The van der Waals surface area contributed by atoms with Gasteiger partial charge in [0.25, 0.3) is 5.91 Å². The molecule has 5 nitrogen and oxygen atoms in total. The van der Waals surface area contributed by atoms with E-state index in [0.717, 1.165) is 31.2 Å². The average molecular weight is 323 g/mol. The van der Waals surface area contributed by atoms with Crippen molar-refractivity contribution in [2.75, 3.05) is 0 Å². The van der Waals surface area contributed by atoms with Crippen LogP contribution < -0.4 is 5.32 Å². The molecule has 1 amide bonds. The summed E-state index contributed by atoms with van der Waals surface area (Å²) >= 11 is 3.62. The molecule has 3 rings (SSSR count). The lowest BCUT2D eigenvalue weighted by Gasteiger charge is -2.25. The van der Waals surface area contributed by atoms with Crippen LogP contribution in [0.4, 0.5) is 0 Å². The summed E-state index contributed by atoms with van der Waals surface area (Å²) in [5, 5.41) is 7.25. The Balaban J connectivity index is 1.73. The van der Waals surface area contributed by atoms with Gasteiger partial charge in [-0.1, -0.05) is 15.9 Å². The van der Waals surface area contributed by atoms with Gasteiger partial charge in [0.15, 0.2) is 0 Å². The van der Waals surface area contributed by atoms with E-state index in [1.807, 2.05) is 0 Å². The van der Waals surface area contributed by atoms with Crippen LogP contribution in [0, 0.1) is 0 Å². The second kappa shape index (κ2) is 5.28. The predicted octanol–water partition coefficient (Wildman–Crippen LogP) is 2.17. The number of fused-ring (bicyclic) bond motifs is 1. The molecule has 19 heavy (non-hydrogen) atoms. The van der Waals surface area contributed by atoms with E-state index in [-0.39, 0.29) is 11.9 Å². The first-order valence-electron chi connectivity index (χ1n) is 6.46. The van der Waals surface area contributed by atoms with E-state index in [4.69, 9.17) is 0 Å². The smallest absolute Gasteiger partial charge is 0.255 e. The molecular formula is C13H15BrN4O. The number of aromatic nitrogens is 3. The van der Waals surface area contributed by atoms with Crippen LogP contribution in [0.3, 0.4) is 0 Å². The molecule has 100 valence electrons. The third-order valence-corrected chi connectivity index (χ3v) is 4.48. The number of carbonyl (C=O) groups is 1. The van der Waals surface area contributed by atoms with Crippen LogP contribution in [0.25, 0.3) is 5.52 Å². The van der Waals surface area contributed by atoms with E-state index in [0.29, 0.717) is 10.4 Å². The number of hydrogen-bond donors (Lipinski definition) is 1. The fraction of sp³-hybridized carbons (Fsp3) is 0.462. The van der Waals surface area contributed by atoms with Crippen LogP contribution in [-0.2, 0) is 0 Å². The number of amides is 1. The lowest BCUT2D eigenvalue weighted by Crippen LogP contribution is -2.37. The first kappa shape index (κ1) is 12.6. The Morgan fingerprint density at radius 3 is 2.89 bits per heavy atom. The average Bonchev–Trinajstić information content (AvgIpc) is 2.85. The molecular weight excluding hydrogens is 308 g/mol. The zero-order chi connectivity index (χ0) is 13.2. The molecule has 0 aliphatic heterocycles. The zero-order valence-electron chi connectivity index (χ0n) is 10.4. The molecule has 2 aromatic heterocycles. The van der Waals surface area contributed by atoms with Crippen molar-refractivity contribution < 1.29 is 4.79 Å². The van der Waals surface area contributed by atoms with E-state index in [9.17, 15) is 4.79 Å². The summed E-state index contributed by atoms with van der Waals surface area (Å²) in [6.07, 6.45) is 10.9. The van der Waals surface area contributed by atoms with Gasteiger partial charge in [0, 0.05) is 23.3 Å². The van der Waals surface area contributed by atoms with Crippen LogP contribution in [0.2, 0.25) is 0 Å². The van der Waals surface area contributed by atoms with Gasteiger partial charge in [-0.15, -0.1) is 0 Å². The van der Waals surface area contributed by atoms with Crippen molar-refractivity contribution in [2.45, 2.75) is 36.6 Å². The highest BCUT2D eigenvalue weighted by Gasteiger charge is 2.22. The molecule has 6 heteroatoms. The summed E-state index contributed by atoms with van der Waals surface area (Å²) in [5.41, 5.74) is 1.34. The lowest BCUT2D eigenvalue weighted by molar-refractivity contribution is 0.0930. The number of rotatable bonds is 2. The van der Waals surface area contributed by atoms with Crippen molar-refractivity contribution in [3.8, 4) is 0 Å². The van der Waals surface area contributed by atoms with E-state index in [2.05, 4.69) is 31.3 Å². The normalized spacial score (nSPS) is 23.4. The highest BCUT2D eigenvalue weighted by molar-refractivity contribution is 9.09. The Morgan fingerprint density at radius 2 is 2.11 bits per heavy atom. The maximum atomic E-state index is 12.3. The largest absolute Gasteiger partial charge is 0.349 e. The fourth-order valence-corrected chi connectivity index (χ4v) is 3.00. The minimum absolute atomic E-state index is 0.0546. The van der Waals surface area contributed by atoms with Crippen LogP contribution in [0.1, 0.15) is 36.0 Å². The van der Waals surface area contributed by atoms with E-state index in [1.165, 1.54) is 0 Å². The van der Waals surface area contributed by atoms with Crippen LogP contribution in [-0.4, -0.2) is 31.4 Å². The Morgan fingerprint density at radius 1 is 1.32 bits per heavy atom. The molecule has 1 saturated carbocycles. The standard InChI is InChI=1S/C13H15BrN4O/c14-9-1-3-10(4-2-9)17-13(19)11-7-16-18-6-5-15-8-12(11)18/h5-10H,1-4H2,(H,17,19). The summed E-state index contributed by atoms with van der Waals surface area (Å²) in [7, 11) is 0. The maximum absolute atomic E-state index is 12.3. The van der Waals surface area contributed by atoms with Crippen LogP contribution in [0.5, 0.6) is 0 Å². The molecule has 0 radical (unpaired) electrons. The lowest BCUT2D eigenvalue weighted by atomic mass is 9.95. The monoisotopic (exact) mass is 322 g/mol. The molecule has 0 bridgehead atoms. The van der Waals surface area contributed by atoms with E-state index < -0.39 is 0 Å². The highest BCUT2D eigenvalue weighted by Crippen LogP contribution is 2.24. The zero-order valence-corrected chi connectivity index (χ0v) is 12.0. The van der Waals surface area contributed by atoms with Gasteiger partial charge < -0.3 is 5.32 Å². The van der Waals surface area contributed by atoms with E-state index in [1.54, 1.807) is 29.3 Å². The van der Waals surface area contributed by atoms with Gasteiger partial charge >= 0.3 is 0 Å². The number of nitrogens with one attached hydrogen (secondary N) is 1. The van der Waals surface area contributed by atoms with Crippen LogP contribution in [0.15, 0.2) is 24.8 Å². The van der Waals surface area contributed by atoms with Gasteiger partial charge in [0.05, 0.1) is 23.5 Å². The number of alkyl halides is 1. The minimum atomic E-state index is -0.0546. The number of hydrogen-bond acceptors (Lipinski definition) is 3. The molecule has 1 aliphatic rings. The Bertz CT molecular complexity index is 589. The molecule has 0 aromatic carbocycles. The second-order valence-corrected chi connectivity index (χ2v) is 6.18. The Labute approximate surface area is 119 Å². The predicted molar refractivity (Wildman–Crippen MR) is 75.4 cm³/mol. The molecule has 1 fully saturated rings. The molecule has 1 N–H and O–H groups in total. The van der Waals surface area contributed by atoms with Gasteiger partial charge in [-0.2, -0.15) is 5.10 Å². The van der Waals surface area contributed by atoms with E-state index >= 15 is 0 Å². The quantitative estimate of drug-likeness (QED) is 0.862. The molecule has 0 unspecified atom stereocenters. The number of halogens is 1. The minimum Gasteiger partial charge on any atom is -0.349 e. The molecule has 2 aromatic rings. The second-order valence-electron chi connectivity index (χ2n) is 4.89. The molecule has 2 heterocycles. The summed E-state index contributed by atoms with van der Waals surface area (Å²) in [5.74, 6) is -0.0546. The number of nitrogens with zero attached hydrogens (tertiary/aromatic N) is 3. The van der Waals surface area contributed by atoms with Crippen molar-refractivity contribution in [2.24, 2.45) is 0 Å². The van der Waals surface area contributed by atoms with Crippen molar-refractivity contribution in [3.05, 3.63) is 30.4 Å². The first-order valence-corrected chi connectivity index (χ1v) is 7.38. The van der Waals surface area contributed by atoms with Gasteiger partial charge in [0.2, 0.25) is 0 Å². The Kier molecular flexibility index (Phi) is 3.50. The SMILES string of the molecule is O=C(NC1CCC(Br)CC1)c1cnn2ccncc12. The van der Waals surface area contributed by atoms with Crippen molar-refractivity contribution in [1.29, 1.82) is 0 Å². The maximum Gasteiger partial charge on any atom is 0.255 e. The topological polar surface area (TPSA) is 59.3 Å². The molecule has 0 spiro atoms. The van der Waals surface area contributed by atoms with Gasteiger partial charge in [-0.25, -0.2) is 4.52 Å². The molecule has 0 atom stereocenters. The van der Waals surface area contributed by atoms with Crippen molar-refractivity contribution >= 4 is 27.4 Å². The van der Waals surface area contributed by atoms with Crippen LogP contribution >= 0.6 is 15.9 Å². The third-order valence-electron chi connectivity index (χ3n) is 3.56. The van der Waals surface area contributed by atoms with Gasteiger partial charge in [0.1, 0.15) is 0 Å². The molecule has 0 saturated heterocycles. The van der Waals surface area contributed by atoms with Gasteiger partial charge in [-0.05, 0) is 25.7 Å². The Hall–Kier alpha value is -1.43. The van der Waals surface area contributed by atoms with Crippen molar-refractivity contribution in [1.82, 2.24) is 19.9 Å². The first-order chi connectivity index (χ1) is 9.24. The summed E-state index contributed by atoms with van der Waals surface area (Å²) in [6.45, 7) is 0. The molecule has 1 aliphatic carbocycles. The third kappa shape index (κ3) is 2.63. The summed E-state index contributed by atoms with van der Waals surface area (Å²) < 4.78 is 1.66. The number of carbonyl (C=O) groups excluding carboxylic acids is 1. The van der Waals surface area contributed by atoms with Gasteiger partial charge in [-0.3, -0.25) is 9.78 Å². The fourth-order valence-electron chi connectivity index (χ4n) is 2.47.